The molecule has 3 nitrogen and oxygen atoms in total. The topological polar surface area (TPSA) is 19.4 Å². The lowest BCUT2D eigenvalue weighted by atomic mass is 9.70. The smallest absolute Gasteiger partial charge is 0.128 e. The van der Waals surface area contributed by atoms with E-state index in [0.717, 1.165) is 5.82 Å². The maximum atomic E-state index is 4.60. The van der Waals surface area contributed by atoms with Crippen LogP contribution >= 0.6 is 0 Å². The molecule has 0 radical (unpaired) electrons. The van der Waals surface area contributed by atoms with Crippen molar-refractivity contribution in [3.63, 3.8) is 0 Å². The Kier molecular flexibility index (Phi) is 4.19. The van der Waals surface area contributed by atoms with Gasteiger partial charge in [0.15, 0.2) is 0 Å². The van der Waals surface area contributed by atoms with Crippen molar-refractivity contribution in [3.8, 4) is 0 Å². The number of rotatable bonds is 1. The van der Waals surface area contributed by atoms with Crippen molar-refractivity contribution >= 4 is 5.82 Å². The fraction of sp³-hybridized carbons (Fsp3) is 0.737. The zero-order valence-electron chi connectivity index (χ0n) is 14.7. The van der Waals surface area contributed by atoms with Crippen LogP contribution in [0.15, 0.2) is 18.3 Å². The first-order chi connectivity index (χ1) is 10.4. The molecule has 0 bridgehead atoms. The van der Waals surface area contributed by atoms with E-state index in [1.54, 1.807) is 0 Å². The normalized spacial score (nSPS) is 23.0. The van der Waals surface area contributed by atoms with Crippen molar-refractivity contribution in [1.29, 1.82) is 0 Å². The number of aryl methyl sites for hydroxylation is 1. The third kappa shape index (κ3) is 3.29. The Labute approximate surface area is 135 Å². The van der Waals surface area contributed by atoms with Crippen LogP contribution < -0.4 is 4.90 Å². The Morgan fingerprint density at radius 3 is 2.05 bits per heavy atom. The molecule has 0 saturated carbocycles. The molecule has 1 aromatic heterocycles. The number of aromatic nitrogens is 1. The first-order valence-corrected chi connectivity index (χ1v) is 8.81. The van der Waals surface area contributed by atoms with Crippen molar-refractivity contribution in [2.45, 2.75) is 58.9 Å². The van der Waals surface area contributed by atoms with Gasteiger partial charge < -0.3 is 4.90 Å². The summed E-state index contributed by atoms with van der Waals surface area (Å²) in [6.07, 6.45) is 7.40. The number of likely N-dealkylation sites (tertiary alicyclic amines) is 1. The summed E-state index contributed by atoms with van der Waals surface area (Å²) >= 11 is 0. The first-order valence-electron chi connectivity index (χ1n) is 8.81. The van der Waals surface area contributed by atoms with Gasteiger partial charge in [0.05, 0.1) is 0 Å². The van der Waals surface area contributed by atoms with Crippen LogP contribution in [0, 0.1) is 12.3 Å². The molecule has 2 aliphatic heterocycles. The molecular formula is C19H31N3. The molecule has 1 aromatic rings. The summed E-state index contributed by atoms with van der Waals surface area (Å²) in [5, 5.41) is 0. The van der Waals surface area contributed by atoms with Crippen LogP contribution in [0.5, 0.6) is 0 Å². The van der Waals surface area contributed by atoms with E-state index in [4.69, 9.17) is 0 Å². The minimum Gasteiger partial charge on any atom is -0.357 e. The lowest BCUT2D eigenvalue weighted by molar-refractivity contribution is 0.0293. The second-order valence-electron chi connectivity index (χ2n) is 8.34. The molecule has 0 atom stereocenters. The quantitative estimate of drug-likeness (QED) is 0.785. The summed E-state index contributed by atoms with van der Waals surface area (Å²) < 4.78 is 0. The van der Waals surface area contributed by atoms with E-state index in [2.05, 4.69) is 54.6 Å². The van der Waals surface area contributed by atoms with E-state index in [1.807, 2.05) is 6.20 Å². The van der Waals surface area contributed by atoms with Gasteiger partial charge in [-0.1, -0.05) is 6.07 Å². The second kappa shape index (κ2) is 5.84. The van der Waals surface area contributed by atoms with Crippen LogP contribution in [-0.2, 0) is 0 Å². The van der Waals surface area contributed by atoms with Crippen molar-refractivity contribution in [1.82, 2.24) is 9.88 Å². The summed E-state index contributed by atoms with van der Waals surface area (Å²) in [5.41, 5.74) is 2.17. The highest BCUT2D eigenvalue weighted by molar-refractivity contribution is 5.39. The van der Waals surface area contributed by atoms with Gasteiger partial charge in [-0.25, -0.2) is 4.98 Å². The second-order valence-corrected chi connectivity index (χ2v) is 8.34. The molecule has 22 heavy (non-hydrogen) atoms. The molecular weight excluding hydrogens is 270 g/mol. The Balaban J connectivity index is 1.57. The predicted octanol–water partition coefficient (Wildman–Crippen LogP) is 3.87. The highest BCUT2D eigenvalue weighted by atomic mass is 15.2. The highest BCUT2D eigenvalue weighted by Gasteiger charge is 2.39. The van der Waals surface area contributed by atoms with Gasteiger partial charge in [-0.2, -0.15) is 0 Å². The molecule has 1 spiro atoms. The maximum absolute atomic E-state index is 4.60. The van der Waals surface area contributed by atoms with Crippen LogP contribution in [0.2, 0.25) is 0 Å². The summed E-state index contributed by atoms with van der Waals surface area (Å²) in [5.74, 6) is 1.16. The summed E-state index contributed by atoms with van der Waals surface area (Å²) in [4.78, 5) is 9.73. The molecule has 0 aliphatic carbocycles. The van der Waals surface area contributed by atoms with Gasteiger partial charge in [-0.3, -0.25) is 4.90 Å². The zero-order valence-corrected chi connectivity index (χ0v) is 14.7. The van der Waals surface area contributed by atoms with Crippen LogP contribution in [0.3, 0.4) is 0 Å². The van der Waals surface area contributed by atoms with Crippen LogP contribution in [-0.4, -0.2) is 41.6 Å². The van der Waals surface area contributed by atoms with E-state index in [9.17, 15) is 0 Å². The molecule has 0 amide bonds. The van der Waals surface area contributed by atoms with Gasteiger partial charge in [0, 0.05) is 24.8 Å². The zero-order chi connectivity index (χ0) is 15.8. The van der Waals surface area contributed by atoms with Crippen molar-refractivity contribution in [2.75, 3.05) is 31.1 Å². The van der Waals surface area contributed by atoms with Gasteiger partial charge in [0.2, 0.25) is 0 Å². The minimum atomic E-state index is 0.328. The van der Waals surface area contributed by atoms with Crippen LogP contribution in [0.25, 0.3) is 0 Å². The third-order valence-electron chi connectivity index (χ3n) is 5.82. The third-order valence-corrected chi connectivity index (χ3v) is 5.82. The molecule has 0 aromatic carbocycles. The number of piperidine rings is 2. The van der Waals surface area contributed by atoms with E-state index in [1.165, 1.54) is 57.4 Å². The number of hydrogen-bond donors (Lipinski definition) is 0. The van der Waals surface area contributed by atoms with Crippen LogP contribution in [0.1, 0.15) is 52.0 Å². The van der Waals surface area contributed by atoms with Gasteiger partial charge >= 0.3 is 0 Å². The van der Waals surface area contributed by atoms with Gasteiger partial charge in [0.25, 0.3) is 0 Å². The molecule has 122 valence electrons. The average molecular weight is 301 g/mol. The molecule has 3 heterocycles. The van der Waals surface area contributed by atoms with Gasteiger partial charge in [-0.15, -0.1) is 0 Å². The number of anilines is 1. The van der Waals surface area contributed by atoms with E-state index in [-0.39, 0.29) is 0 Å². The van der Waals surface area contributed by atoms with Gasteiger partial charge in [-0.05, 0) is 83.5 Å². The number of nitrogens with zero attached hydrogens (tertiary/aromatic N) is 3. The number of pyridine rings is 1. The molecule has 3 heteroatoms. The molecule has 2 fully saturated rings. The fourth-order valence-electron chi connectivity index (χ4n) is 4.01. The minimum absolute atomic E-state index is 0.328. The predicted molar refractivity (Wildman–Crippen MR) is 93.4 cm³/mol. The van der Waals surface area contributed by atoms with Gasteiger partial charge in [0.1, 0.15) is 5.82 Å². The molecule has 3 rings (SSSR count). The SMILES string of the molecule is Cc1ccc(N2CCC3(CC2)CCN(C(C)(C)C)CC3)nc1. The van der Waals surface area contributed by atoms with E-state index >= 15 is 0 Å². The Hall–Kier alpha value is -1.09. The summed E-state index contributed by atoms with van der Waals surface area (Å²) in [6.45, 7) is 14.0. The average Bonchev–Trinajstić information content (AvgIpc) is 2.49. The molecule has 2 aliphatic rings. The highest BCUT2D eigenvalue weighted by Crippen LogP contribution is 2.43. The molecule has 0 unspecified atom stereocenters. The largest absolute Gasteiger partial charge is 0.357 e. The maximum Gasteiger partial charge on any atom is 0.128 e. The monoisotopic (exact) mass is 301 g/mol. The van der Waals surface area contributed by atoms with Crippen molar-refractivity contribution < 1.29 is 0 Å². The molecule has 2 saturated heterocycles. The lowest BCUT2D eigenvalue weighted by Gasteiger charge is -2.50. The summed E-state index contributed by atoms with van der Waals surface area (Å²) in [7, 11) is 0. The molecule has 0 N–H and O–H groups in total. The van der Waals surface area contributed by atoms with Crippen LogP contribution in [0.4, 0.5) is 5.82 Å². The summed E-state index contributed by atoms with van der Waals surface area (Å²) in [6, 6.07) is 4.35. The van der Waals surface area contributed by atoms with E-state index < -0.39 is 0 Å². The van der Waals surface area contributed by atoms with Crippen molar-refractivity contribution in [2.24, 2.45) is 5.41 Å². The fourth-order valence-corrected chi connectivity index (χ4v) is 4.01. The Morgan fingerprint density at radius 1 is 0.955 bits per heavy atom. The Morgan fingerprint density at radius 2 is 1.55 bits per heavy atom. The first kappa shape index (κ1) is 15.8. The van der Waals surface area contributed by atoms with Crippen molar-refractivity contribution in [3.05, 3.63) is 23.9 Å². The Bertz CT molecular complexity index is 482. The number of hydrogen-bond acceptors (Lipinski definition) is 3. The lowest BCUT2D eigenvalue weighted by Crippen LogP contribution is -2.51. The van der Waals surface area contributed by atoms with E-state index in [0.29, 0.717) is 11.0 Å². The standard InChI is InChI=1S/C19H31N3/c1-16-5-6-17(20-15-16)21-11-7-19(8-12-21)9-13-22(14-10-19)18(2,3)4/h5-6,15H,7-14H2,1-4H3.